The molecule has 7 heteroatoms. The molecule has 19 heavy (non-hydrogen) atoms. The first-order valence-corrected chi connectivity index (χ1v) is 7.01. The minimum Gasteiger partial charge on any atom is -0.464 e. The Hall–Kier alpha value is -1.63. The lowest BCUT2D eigenvalue weighted by Gasteiger charge is -2.11. The normalized spacial score (nSPS) is 11.7. The minimum absolute atomic E-state index is 0.00611. The van der Waals surface area contributed by atoms with E-state index in [9.17, 15) is 9.59 Å². The number of carbonyl (C=O) groups is 2. The lowest BCUT2D eigenvalue weighted by atomic mass is 10.2. The first kappa shape index (κ1) is 15.4. The molecule has 0 aliphatic carbocycles. The summed E-state index contributed by atoms with van der Waals surface area (Å²) in [5.41, 5.74) is 0.277. The van der Waals surface area contributed by atoms with Crippen LogP contribution < -0.4 is 10.6 Å². The summed E-state index contributed by atoms with van der Waals surface area (Å²) < 4.78 is 4.56. The van der Waals surface area contributed by atoms with Crippen LogP contribution in [0.25, 0.3) is 0 Å². The summed E-state index contributed by atoms with van der Waals surface area (Å²) in [5.74, 6) is -0.453. The SMILES string of the molecule is CCC(C)NC(=O)CCNc1nc(C(=O)OC)cs1. The number of hydrogen-bond donors (Lipinski definition) is 2. The van der Waals surface area contributed by atoms with Crippen LogP contribution >= 0.6 is 11.3 Å². The van der Waals surface area contributed by atoms with E-state index in [0.29, 0.717) is 18.1 Å². The third-order valence-corrected chi connectivity index (χ3v) is 3.35. The number of aromatic nitrogens is 1. The maximum Gasteiger partial charge on any atom is 0.357 e. The van der Waals surface area contributed by atoms with Crippen molar-refractivity contribution < 1.29 is 14.3 Å². The second-order valence-corrected chi connectivity index (χ2v) is 4.94. The fraction of sp³-hybridized carbons (Fsp3) is 0.583. The van der Waals surface area contributed by atoms with E-state index in [2.05, 4.69) is 20.4 Å². The van der Waals surface area contributed by atoms with Crippen LogP contribution in [0.5, 0.6) is 0 Å². The van der Waals surface area contributed by atoms with E-state index in [1.54, 1.807) is 5.38 Å². The molecule has 0 fully saturated rings. The second-order valence-electron chi connectivity index (χ2n) is 4.08. The van der Waals surface area contributed by atoms with Crippen LogP contribution in [0.15, 0.2) is 5.38 Å². The average molecular weight is 285 g/mol. The molecule has 0 spiro atoms. The zero-order chi connectivity index (χ0) is 14.3. The molecule has 0 bridgehead atoms. The van der Waals surface area contributed by atoms with E-state index in [0.717, 1.165) is 6.42 Å². The summed E-state index contributed by atoms with van der Waals surface area (Å²) in [4.78, 5) is 26.8. The number of hydrogen-bond acceptors (Lipinski definition) is 6. The van der Waals surface area contributed by atoms with Gasteiger partial charge in [-0.1, -0.05) is 6.92 Å². The van der Waals surface area contributed by atoms with E-state index >= 15 is 0 Å². The number of thiazole rings is 1. The zero-order valence-corrected chi connectivity index (χ0v) is 12.2. The fourth-order valence-corrected chi connectivity index (χ4v) is 1.99. The minimum atomic E-state index is -0.459. The van der Waals surface area contributed by atoms with E-state index in [1.165, 1.54) is 18.4 Å². The van der Waals surface area contributed by atoms with Crippen LogP contribution in [0.3, 0.4) is 0 Å². The van der Waals surface area contributed by atoms with Gasteiger partial charge in [0.15, 0.2) is 10.8 Å². The number of methoxy groups -OCH3 is 1. The van der Waals surface area contributed by atoms with Crippen molar-refractivity contribution in [2.24, 2.45) is 0 Å². The molecule has 1 heterocycles. The Balaban J connectivity index is 2.31. The van der Waals surface area contributed by atoms with Gasteiger partial charge in [-0.05, 0) is 13.3 Å². The van der Waals surface area contributed by atoms with Crippen molar-refractivity contribution in [1.29, 1.82) is 0 Å². The molecule has 6 nitrogen and oxygen atoms in total. The number of nitrogens with one attached hydrogen (secondary N) is 2. The molecule has 1 rings (SSSR count). The summed E-state index contributed by atoms with van der Waals surface area (Å²) in [6.07, 6.45) is 1.28. The predicted octanol–water partition coefficient (Wildman–Crippen LogP) is 1.65. The zero-order valence-electron chi connectivity index (χ0n) is 11.4. The first-order valence-electron chi connectivity index (χ1n) is 6.13. The topological polar surface area (TPSA) is 80.3 Å². The van der Waals surface area contributed by atoms with Crippen LogP contribution in [-0.4, -0.2) is 36.6 Å². The Kier molecular flexibility index (Phi) is 6.27. The lowest BCUT2D eigenvalue weighted by Crippen LogP contribution is -2.32. The van der Waals surface area contributed by atoms with Gasteiger partial charge >= 0.3 is 5.97 Å². The number of esters is 1. The molecule has 0 radical (unpaired) electrons. The van der Waals surface area contributed by atoms with Gasteiger partial charge in [-0.3, -0.25) is 4.79 Å². The van der Waals surface area contributed by atoms with Gasteiger partial charge in [-0.2, -0.15) is 0 Å². The molecular weight excluding hydrogens is 266 g/mol. The molecule has 1 atom stereocenters. The van der Waals surface area contributed by atoms with Crippen molar-refractivity contribution in [3.05, 3.63) is 11.1 Å². The molecule has 0 saturated heterocycles. The highest BCUT2D eigenvalue weighted by atomic mass is 32.1. The van der Waals surface area contributed by atoms with E-state index < -0.39 is 5.97 Å². The van der Waals surface area contributed by atoms with Crippen molar-refractivity contribution >= 4 is 28.3 Å². The quantitative estimate of drug-likeness (QED) is 0.745. The monoisotopic (exact) mass is 285 g/mol. The van der Waals surface area contributed by atoms with Gasteiger partial charge in [0.2, 0.25) is 5.91 Å². The van der Waals surface area contributed by atoms with Crippen LogP contribution in [0.2, 0.25) is 0 Å². The van der Waals surface area contributed by atoms with E-state index in [1.807, 2.05) is 13.8 Å². The third-order valence-electron chi connectivity index (χ3n) is 2.55. The molecule has 1 aromatic rings. The highest BCUT2D eigenvalue weighted by Gasteiger charge is 2.10. The maximum absolute atomic E-state index is 11.5. The highest BCUT2D eigenvalue weighted by molar-refractivity contribution is 7.13. The number of anilines is 1. The number of rotatable bonds is 7. The molecule has 0 aromatic carbocycles. The molecule has 1 amide bonds. The Morgan fingerprint density at radius 1 is 1.53 bits per heavy atom. The summed E-state index contributed by atoms with van der Waals surface area (Å²) in [6.45, 7) is 4.47. The van der Waals surface area contributed by atoms with Gasteiger partial charge in [0, 0.05) is 24.4 Å². The number of carbonyl (C=O) groups excluding carboxylic acids is 2. The molecule has 0 aliphatic rings. The van der Waals surface area contributed by atoms with Gasteiger partial charge < -0.3 is 15.4 Å². The number of ether oxygens (including phenoxy) is 1. The largest absolute Gasteiger partial charge is 0.464 e. The summed E-state index contributed by atoms with van der Waals surface area (Å²) >= 11 is 1.31. The fourth-order valence-electron chi connectivity index (χ4n) is 1.29. The summed E-state index contributed by atoms with van der Waals surface area (Å²) in [6, 6.07) is 0.193. The Morgan fingerprint density at radius 2 is 2.26 bits per heavy atom. The molecule has 0 saturated carbocycles. The van der Waals surface area contributed by atoms with Crippen molar-refractivity contribution in [1.82, 2.24) is 10.3 Å². The number of amides is 1. The standard InChI is InChI=1S/C12H19N3O3S/c1-4-8(2)14-10(16)5-6-13-12-15-9(7-19-12)11(17)18-3/h7-8H,4-6H2,1-3H3,(H,13,15)(H,14,16). The smallest absolute Gasteiger partial charge is 0.357 e. The first-order chi connectivity index (χ1) is 9.06. The van der Waals surface area contributed by atoms with Crippen molar-refractivity contribution in [3.8, 4) is 0 Å². The molecule has 106 valence electrons. The Labute approximate surface area is 116 Å². The van der Waals surface area contributed by atoms with Gasteiger partial charge in [-0.25, -0.2) is 9.78 Å². The lowest BCUT2D eigenvalue weighted by molar-refractivity contribution is -0.121. The van der Waals surface area contributed by atoms with E-state index in [-0.39, 0.29) is 17.6 Å². The highest BCUT2D eigenvalue weighted by Crippen LogP contribution is 2.15. The summed E-state index contributed by atoms with van der Waals surface area (Å²) in [7, 11) is 1.31. The molecule has 1 unspecified atom stereocenters. The predicted molar refractivity (Wildman–Crippen MR) is 74.5 cm³/mol. The van der Waals surface area contributed by atoms with Crippen molar-refractivity contribution in [2.45, 2.75) is 32.7 Å². The van der Waals surface area contributed by atoms with Crippen molar-refractivity contribution in [2.75, 3.05) is 19.0 Å². The Bertz CT molecular complexity index is 434. The molecule has 0 aliphatic heterocycles. The average Bonchev–Trinajstić information content (AvgIpc) is 2.86. The Morgan fingerprint density at radius 3 is 2.89 bits per heavy atom. The van der Waals surface area contributed by atoms with Crippen molar-refractivity contribution in [3.63, 3.8) is 0 Å². The summed E-state index contributed by atoms with van der Waals surface area (Å²) in [5, 5.41) is 8.11. The van der Waals surface area contributed by atoms with Crippen LogP contribution in [0.4, 0.5) is 5.13 Å². The van der Waals surface area contributed by atoms with Gasteiger partial charge in [0.25, 0.3) is 0 Å². The molecule has 2 N–H and O–H groups in total. The van der Waals surface area contributed by atoms with E-state index in [4.69, 9.17) is 0 Å². The van der Waals surface area contributed by atoms with Gasteiger partial charge in [0.1, 0.15) is 0 Å². The second kappa shape index (κ2) is 7.73. The van der Waals surface area contributed by atoms with Gasteiger partial charge in [0.05, 0.1) is 7.11 Å². The third kappa shape index (κ3) is 5.25. The maximum atomic E-state index is 11.5. The molecular formula is C12H19N3O3S. The van der Waals surface area contributed by atoms with Crippen LogP contribution in [0.1, 0.15) is 37.2 Å². The molecule has 1 aromatic heterocycles. The van der Waals surface area contributed by atoms with Crippen LogP contribution in [-0.2, 0) is 9.53 Å². The number of nitrogens with zero attached hydrogens (tertiary/aromatic N) is 1. The van der Waals surface area contributed by atoms with Gasteiger partial charge in [-0.15, -0.1) is 11.3 Å². The van der Waals surface area contributed by atoms with Crippen LogP contribution in [0, 0.1) is 0 Å².